The summed E-state index contributed by atoms with van der Waals surface area (Å²) < 4.78 is 0. The predicted molar refractivity (Wildman–Crippen MR) is 359 cm³/mol. The minimum atomic E-state index is 0.788. The number of allylic oxidation sites excluding steroid dienone is 12. The van der Waals surface area contributed by atoms with Gasteiger partial charge >= 0.3 is 0 Å². The van der Waals surface area contributed by atoms with Crippen molar-refractivity contribution in [2.24, 2.45) is 53.3 Å². The molecule has 3 unspecified atom stereocenters. The molecule has 0 spiro atoms. The molecule has 0 amide bonds. The molecule has 6 aliphatic carbocycles. The molecular weight excluding hydrogens is 973 g/mol. The van der Waals surface area contributed by atoms with Gasteiger partial charge in [-0.25, -0.2) is 0 Å². The number of hydrogen-bond acceptors (Lipinski definition) is 0. The van der Waals surface area contributed by atoms with Gasteiger partial charge in [-0.3, -0.25) is 0 Å². The van der Waals surface area contributed by atoms with E-state index in [1.165, 1.54) is 284 Å². The Kier molecular flexibility index (Phi) is 31.6. The molecule has 3 fully saturated rings. The van der Waals surface area contributed by atoms with Crippen molar-refractivity contribution < 1.29 is 0 Å². The molecule has 0 saturated heterocycles. The van der Waals surface area contributed by atoms with Crippen LogP contribution in [0.25, 0.3) is 16.7 Å². The molecule has 444 valence electrons. The summed E-state index contributed by atoms with van der Waals surface area (Å²) in [7, 11) is 0. The van der Waals surface area contributed by atoms with Gasteiger partial charge in [-0.15, -0.1) is 0 Å². The second-order valence-corrected chi connectivity index (χ2v) is 26.9. The standard InChI is InChI=1S/C28H42.C27H40.C26H38/c1-2-3-4-5-6-7-8-10-13-24-16-18-26(19-17-24)28-22-20-27(21-23-28)25-14-11-9-12-15-25;1-2-3-4-5-6-7-9-12-23-15-17-25(18-16-23)27-21-19-26(20-22-27)24-13-10-8-11-14-24;1-2-3-4-5-6-8-11-22-14-16-24(17-15-22)26-20-18-25(19-21-26)23-12-9-7-10-13-23/h9,11-12,14-15,20-22,24,26,28H,2-8,10,13,16-19,23H2,1H3;8,10-11,13-14,19-21,23,25,27H,2-7,9,12,15-18,22H2,1H3;7,9-10,12-13,18-20,22,24,26H,2-6,8,11,14-17,21H2,1H3. The first-order valence-electron chi connectivity index (χ1n) is 35.4. The zero-order valence-corrected chi connectivity index (χ0v) is 52.6. The lowest BCUT2D eigenvalue weighted by molar-refractivity contribution is 0.218. The van der Waals surface area contributed by atoms with Crippen molar-refractivity contribution in [1.82, 2.24) is 0 Å². The monoisotopic (exact) mass is 1090 g/mol. The van der Waals surface area contributed by atoms with Gasteiger partial charge in [0.15, 0.2) is 0 Å². The van der Waals surface area contributed by atoms with E-state index in [2.05, 4.69) is 166 Å². The molecule has 0 nitrogen and oxygen atoms in total. The van der Waals surface area contributed by atoms with Crippen molar-refractivity contribution >= 4 is 16.7 Å². The molecule has 9 rings (SSSR count). The fourth-order valence-electron chi connectivity index (χ4n) is 15.4. The molecule has 3 atom stereocenters. The zero-order chi connectivity index (χ0) is 56.2. The lowest BCUT2D eigenvalue weighted by Gasteiger charge is -2.33. The van der Waals surface area contributed by atoms with Crippen molar-refractivity contribution in [3.05, 3.63) is 162 Å². The Bertz CT molecular complexity index is 2230. The first kappa shape index (κ1) is 64.7. The summed E-state index contributed by atoms with van der Waals surface area (Å²) >= 11 is 0. The first-order valence-corrected chi connectivity index (χ1v) is 35.4. The third kappa shape index (κ3) is 24.3. The van der Waals surface area contributed by atoms with E-state index in [-0.39, 0.29) is 0 Å². The first-order chi connectivity index (χ1) is 40.1. The quantitative estimate of drug-likeness (QED) is 0.0584. The molecule has 0 heterocycles. The van der Waals surface area contributed by atoms with E-state index in [1.54, 1.807) is 0 Å². The summed E-state index contributed by atoms with van der Waals surface area (Å²) in [5, 5.41) is 0. The van der Waals surface area contributed by atoms with E-state index in [0.717, 1.165) is 53.3 Å². The molecule has 0 bridgehead atoms. The highest BCUT2D eigenvalue weighted by Gasteiger charge is 2.29. The van der Waals surface area contributed by atoms with Gasteiger partial charge < -0.3 is 0 Å². The molecule has 0 aliphatic heterocycles. The molecule has 0 radical (unpaired) electrons. The topological polar surface area (TPSA) is 0 Å². The van der Waals surface area contributed by atoms with Crippen LogP contribution >= 0.6 is 0 Å². The van der Waals surface area contributed by atoms with E-state index >= 15 is 0 Å². The van der Waals surface area contributed by atoms with E-state index in [9.17, 15) is 0 Å². The molecule has 0 aromatic heterocycles. The third-order valence-corrected chi connectivity index (χ3v) is 20.9. The minimum Gasteiger partial charge on any atom is -0.0802 e. The highest BCUT2D eigenvalue weighted by atomic mass is 14.3. The maximum atomic E-state index is 2.52. The van der Waals surface area contributed by atoms with E-state index in [0.29, 0.717) is 0 Å². The number of rotatable bonds is 30. The highest BCUT2D eigenvalue weighted by Crippen LogP contribution is 2.43. The molecule has 3 aromatic rings. The number of benzene rings is 3. The van der Waals surface area contributed by atoms with E-state index < -0.39 is 0 Å². The Morgan fingerprint density at radius 3 is 0.728 bits per heavy atom. The second-order valence-electron chi connectivity index (χ2n) is 26.9. The van der Waals surface area contributed by atoms with Gasteiger partial charge in [0.1, 0.15) is 0 Å². The smallest absolute Gasteiger partial charge is 0.0167 e. The molecule has 3 saturated carbocycles. The van der Waals surface area contributed by atoms with Crippen LogP contribution in [0.2, 0.25) is 0 Å². The molecule has 0 N–H and O–H groups in total. The lowest BCUT2D eigenvalue weighted by Crippen LogP contribution is -2.21. The van der Waals surface area contributed by atoms with Crippen LogP contribution < -0.4 is 0 Å². The van der Waals surface area contributed by atoms with Gasteiger partial charge in [-0.05, 0) is 144 Å². The SMILES string of the molecule is CCCCCCCCC1CCC(C2C=CC(c3ccccc3)=CC2)CC1.CCCCCCCCCC1CCC(C2C=CC(c3ccccc3)=CC2)CC1.CCCCCCCCCCC1CCC(C2C=CC(c3ccccc3)=CC2)CC1. The van der Waals surface area contributed by atoms with Crippen molar-refractivity contribution in [3.8, 4) is 0 Å². The maximum absolute atomic E-state index is 2.52. The Labute approximate surface area is 500 Å². The summed E-state index contributed by atoms with van der Waals surface area (Å²) in [6.45, 7) is 6.91. The third-order valence-electron chi connectivity index (χ3n) is 20.9. The Morgan fingerprint density at radius 1 is 0.272 bits per heavy atom. The fourth-order valence-corrected chi connectivity index (χ4v) is 15.4. The summed E-state index contributed by atoms with van der Waals surface area (Å²) in [6, 6.07) is 32.5. The maximum Gasteiger partial charge on any atom is -0.0167 e. The largest absolute Gasteiger partial charge is 0.0802 e. The van der Waals surface area contributed by atoms with Crippen LogP contribution in [0.15, 0.2) is 146 Å². The van der Waals surface area contributed by atoms with Crippen molar-refractivity contribution in [1.29, 1.82) is 0 Å². The fraction of sp³-hybridized carbons (Fsp3) is 0.630. The van der Waals surface area contributed by atoms with Gasteiger partial charge in [-0.2, -0.15) is 0 Å². The minimum absolute atomic E-state index is 0.788. The van der Waals surface area contributed by atoms with E-state index in [4.69, 9.17) is 0 Å². The lowest BCUT2D eigenvalue weighted by atomic mass is 9.72. The summed E-state index contributed by atoms with van der Waals surface area (Å²) in [5.74, 6) is 8.24. The summed E-state index contributed by atoms with van der Waals surface area (Å²) in [4.78, 5) is 0. The summed E-state index contributed by atoms with van der Waals surface area (Å²) in [5.41, 5.74) is 8.35. The second kappa shape index (κ2) is 39.6. The number of unbranched alkanes of at least 4 members (excludes halogenated alkanes) is 18. The van der Waals surface area contributed by atoms with Crippen LogP contribution in [0.1, 0.15) is 288 Å². The van der Waals surface area contributed by atoms with Crippen LogP contribution in [-0.2, 0) is 0 Å². The van der Waals surface area contributed by atoms with Gasteiger partial charge in [0, 0.05) is 0 Å². The Balaban J connectivity index is 0.000000175. The van der Waals surface area contributed by atoms with Crippen molar-refractivity contribution in [2.75, 3.05) is 0 Å². The van der Waals surface area contributed by atoms with E-state index in [1.807, 2.05) is 0 Å². The average molecular weight is 1090 g/mol. The predicted octanol–water partition coefficient (Wildman–Crippen LogP) is 25.8. The molecule has 0 heteroatoms. The molecule has 6 aliphatic rings. The van der Waals surface area contributed by atoms with Crippen LogP contribution in [-0.4, -0.2) is 0 Å². The average Bonchev–Trinajstić information content (AvgIpc) is 3.54. The number of hydrogen-bond donors (Lipinski definition) is 0. The summed E-state index contributed by atoms with van der Waals surface area (Å²) in [6.07, 6.45) is 78.5. The van der Waals surface area contributed by atoms with Crippen molar-refractivity contribution in [3.63, 3.8) is 0 Å². The van der Waals surface area contributed by atoms with Crippen LogP contribution in [0.4, 0.5) is 0 Å². The van der Waals surface area contributed by atoms with Crippen LogP contribution in [0.3, 0.4) is 0 Å². The van der Waals surface area contributed by atoms with Gasteiger partial charge in [0.05, 0.1) is 0 Å². The highest BCUT2D eigenvalue weighted by molar-refractivity contribution is 5.76. The molecule has 81 heavy (non-hydrogen) atoms. The normalized spacial score (nSPS) is 25.4. The van der Waals surface area contributed by atoms with Crippen LogP contribution in [0.5, 0.6) is 0 Å². The van der Waals surface area contributed by atoms with Gasteiger partial charge in [0.2, 0.25) is 0 Å². The van der Waals surface area contributed by atoms with Gasteiger partial charge in [0.25, 0.3) is 0 Å². The Morgan fingerprint density at radius 2 is 0.506 bits per heavy atom. The van der Waals surface area contributed by atoms with Crippen LogP contribution in [0, 0.1) is 53.3 Å². The Hall–Kier alpha value is -3.90. The van der Waals surface area contributed by atoms with Crippen molar-refractivity contribution in [2.45, 2.75) is 271 Å². The molecule has 3 aromatic carbocycles. The van der Waals surface area contributed by atoms with Gasteiger partial charge in [-0.1, -0.05) is 359 Å². The molecular formula is C81H120. The zero-order valence-electron chi connectivity index (χ0n) is 52.6.